The molecule has 12 heavy (non-hydrogen) atoms. The lowest BCUT2D eigenvalue weighted by molar-refractivity contribution is -0.187. The van der Waals surface area contributed by atoms with E-state index in [1.807, 2.05) is 0 Å². The maximum absolute atomic E-state index is 10.7. The van der Waals surface area contributed by atoms with Crippen LogP contribution in [0.25, 0.3) is 0 Å². The first-order valence-corrected chi connectivity index (χ1v) is 3.81. The summed E-state index contributed by atoms with van der Waals surface area (Å²) >= 11 is 0. The minimum absolute atomic E-state index is 0.213. The maximum Gasteiger partial charge on any atom is 0.338 e. The van der Waals surface area contributed by atoms with E-state index in [0.29, 0.717) is 0 Å². The Labute approximate surface area is 68.6 Å². The summed E-state index contributed by atoms with van der Waals surface area (Å²) in [6.45, 7) is 0.227. The van der Waals surface area contributed by atoms with Crippen LogP contribution < -0.4 is 0 Å². The summed E-state index contributed by atoms with van der Waals surface area (Å²) in [5, 5.41) is 27.4. The molecule has 0 aromatic rings. The van der Waals surface area contributed by atoms with E-state index in [1.54, 1.807) is 0 Å². The molecule has 5 nitrogen and oxygen atoms in total. The number of aliphatic hydroxyl groups is 2. The van der Waals surface area contributed by atoms with Crippen LogP contribution >= 0.6 is 0 Å². The van der Waals surface area contributed by atoms with E-state index in [9.17, 15) is 15.0 Å². The van der Waals surface area contributed by atoms with Crippen molar-refractivity contribution in [3.8, 4) is 0 Å². The zero-order valence-electron chi connectivity index (χ0n) is 6.30. The Morgan fingerprint density at radius 1 is 1.50 bits per heavy atom. The van der Waals surface area contributed by atoms with Gasteiger partial charge in [-0.2, -0.15) is 0 Å². The number of fused-ring (bicyclic) bond motifs is 2. The lowest BCUT2D eigenvalue weighted by Gasteiger charge is -2.29. The number of hydrogen-bond acceptors (Lipinski definition) is 4. The van der Waals surface area contributed by atoms with E-state index in [2.05, 4.69) is 0 Å². The van der Waals surface area contributed by atoms with Crippen molar-refractivity contribution in [2.75, 3.05) is 6.61 Å². The highest BCUT2D eigenvalue weighted by Gasteiger charge is 2.63. The molecule has 1 heterocycles. The summed E-state index contributed by atoms with van der Waals surface area (Å²) in [5.41, 5.74) is -1.54. The molecule has 68 valence electrons. The minimum atomic E-state index is -1.54. The molecule has 3 N–H and O–H groups in total. The number of carboxylic acid groups (broad SMARTS) is 1. The third-order valence-electron chi connectivity index (χ3n) is 2.77. The number of hydrogen-bond donors (Lipinski definition) is 3. The largest absolute Gasteiger partial charge is 0.479 e. The zero-order chi connectivity index (χ0) is 8.93. The Morgan fingerprint density at radius 3 is 2.50 bits per heavy atom. The Kier molecular flexibility index (Phi) is 1.45. The second-order valence-electron chi connectivity index (χ2n) is 3.41. The van der Waals surface area contributed by atoms with Crippen molar-refractivity contribution in [2.45, 2.75) is 24.2 Å². The first kappa shape index (κ1) is 7.97. The highest BCUT2D eigenvalue weighted by atomic mass is 16.6. The summed E-state index contributed by atoms with van der Waals surface area (Å²) in [7, 11) is 0. The molecular weight excluding hydrogens is 164 g/mol. The lowest BCUT2D eigenvalue weighted by Crippen LogP contribution is -2.52. The van der Waals surface area contributed by atoms with Crippen LogP contribution in [0.4, 0.5) is 0 Å². The maximum atomic E-state index is 10.7. The molecule has 2 fully saturated rings. The SMILES string of the molecule is O=C(O)C12CC(CO1)C(O)C2O. The van der Waals surface area contributed by atoms with Gasteiger partial charge in [-0.05, 0) is 6.42 Å². The molecule has 0 amide bonds. The van der Waals surface area contributed by atoms with E-state index < -0.39 is 23.8 Å². The molecule has 5 heteroatoms. The molecule has 1 saturated carbocycles. The second-order valence-corrected chi connectivity index (χ2v) is 3.41. The molecule has 4 unspecified atom stereocenters. The Balaban J connectivity index is 2.32. The van der Waals surface area contributed by atoms with Crippen molar-refractivity contribution in [1.82, 2.24) is 0 Å². The zero-order valence-corrected chi connectivity index (χ0v) is 6.30. The highest BCUT2D eigenvalue weighted by Crippen LogP contribution is 2.44. The van der Waals surface area contributed by atoms with Gasteiger partial charge in [-0.25, -0.2) is 4.79 Å². The Hall–Kier alpha value is -0.650. The molecular formula is C7H10O5. The third kappa shape index (κ3) is 0.708. The van der Waals surface area contributed by atoms with E-state index in [4.69, 9.17) is 9.84 Å². The fourth-order valence-corrected chi connectivity index (χ4v) is 2.00. The molecule has 0 radical (unpaired) electrons. The smallest absolute Gasteiger partial charge is 0.338 e. The van der Waals surface area contributed by atoms with Crippen LogP contribution in [0.5, 0.6) is 0 Å². The quantitative estimate of drug-likeness (QED) is 0.454. The van der Waals surface area contributed by atoms with Gasteiger partial charge in [0.1, 0.15) is 6.10 Å². The second kappa shape index (κ2) is 2.18. The summed E-state index contributed by atoms with van der Waals surface area (Å²) in [6, 6.07) is 0. The first-order chi connectivity index (χ1) is 5.58. The van der Waals surface area contributed by atoms with Crippen LogP contribution in [0.2, 0.25) is 0 Å². The van der Waals surface area contributed by atoms with Gasteiger partial charge in [0, 0.05) is 5.92 Å². The molecule has 4 atom stereocenters. The predicted octanol–water partition coefficient (Wildman–Crippen LogP) is -1.42. The van der Waals surface area contributed by atoms with Gasteiger partial charge < -0.3 is 20.1 Å². The van der Waals surface area contributed by atoms with Crippen LogP contribution in [-0.2, 0) is 9.53 Å². The van der Waals surface area contributed by atoms with Crippen LogP contribution in [0, 0.1) is 5.92 Å². The topological polar surface area (TPSA) is 87.0 Å². The number of carboxylic acids is 1. The van der Waals surface area contributed by atoms with Crippen molar-refractivity contribution < 1.29 is 24.9 Å². The number of aliphatic carboxylic acids is 1. The molecule has 0 aromatic carbocycles. The van der Waals surface area contributed by atoms with Crippen LogP contribution in [0.3, 0.4) is 0 Å². The predicted molar refractivity (Wildman–Crippen MR) is 36.4 cm³/mol. The minimum Gasteiger partial charge on any atom is -0.479 e. The Bertz CT molecular complexity index is 228. The summed E-state index contributed by atoms with van der Waals surface area (Å²) in [5.74, 6) is -1.41. The van der Waals surface area contributed by atoms with Crippen molar-refractivity contribution in [3.05, 3.63) is 0 Å². The number of ether oxygens (including phenoxy) is 1. The molecule has 2 bridgehead atoms. The normalized spacial score (nSPS) is 51.3. The van der Waals surface area contributed by atoms with E-state index >= 15 is 0 Å². The van der Waals surface area contributed by atoms with Crippen LogP contribution in [-0.4, -0.2) is 45.7 Å². The van der Waals surface area contributed by atoms with E-state index in [1.165, 1.54) is 0 Å². The molecule has 2 rings (SSSR count). The van der Waals surface area contributed by atoms with Crippen molar-refractivity contribution in [2.24, 2.45) is 5.92 Å². The third-order valence-corrected chi connectivity index (χ3v) is 2.77. The van der Waals surface area contributed by atoms with Gasteiger partial charge in [0.05, 0.1) is 12.7 Å². The summed E-state index contributed by atoms with van der Waals surface area (Å²) in [4.78, 5) is 10.7. The fourth-order valence-electron chi connectivity index (χ4n) is 2.00. The molecule has 0 aromatic heterocycles. The van der Waals surface area contributed by atoms with Gasteiger partial charge >= 0.3 is 5.97 Å². The number of aliphatic hydroxyl groups excluding tert-OH is 2. The summed E-state index contributed by atoms with van der Waals surface area (Å²) in [6.07, 6.45) is -2.02. The summed E-state index contributed by atoms with van der Waals surface area (Å²) < 4.78 is 4.97. The van der Waals surface area contributed by atoms with Gasteiger partial charge in [0.15, 0.2) is 5.60 Å². The van der Waals surface area contributed by atoms with Gasteiger partial charge in [-0.15, -0.1) is 0 Å². The van der Waals surface area contributed by atoms with E-state index in [-0.39, 0.29) is 18.9 Å². The average molecular weight is 174 g/mol. The highest BCUT2D eigenvalue weighted by molar-refractivity contribution is 5.79. The molecule has 1 saturated heterocycles. The lowest BCUT2D eigenvalue weighted by atomic mass is 10.00. The van der Waals surface area contributed by atoms with Gasteiger partial charge in [-0.1, -0.05) is 0 Å². The Morgan fingerprint density at radius 2 is 2.17 bits per heavy atom. The first-order valence-electron chi connectivity index (χ1n) is 3.81. The van der Waals surface area contributed by atoms with Gasteiger partial charge in [0.2, 0.25) is 0 Å². The van der Waals surface area contributed by atoms with E-state index in [0.717, 1.165) is 0 Å². The van der Waals surface area contributed by atoms with Gasteiger partial charge in [-0.3, -0.25) is 0 Å². The van der Waals surface area contributed by atoms with Crippen molar-refractivity contribution >= 4 is 5.97 Å². The monoisotopic (exact) mass is 174 g/mol. The van der Waals surface area contributed by atoms with Crippen LogP contribution in [0.15, 0.2) is 0 Å². The fraction of sp³-hybridized carbons (Fsp3) is 0.857. The standard InChI is InChI=1S/C7H10O5/c8-4-3-1-7(5(4)9,6(10)11)12-2-3/h3-5,8-9H,1-2H2,(H,10,11). The molecule has 2 aliphatic rings. The molecule has 0 spiro atoms. The van der Waals surface area contributed by atoms with Crippen molar-refractivity contribution in [3.63, 3.8) is 0 Å². The number of carbonyl (C=O) groups is 1. The van der Waals surface area contributed by atoms with Crippen LogP contribution in [0.1, 0.15) is 6.42 Å². The van der Waals surface area contributed by atoms with Gasteiger partial charge in [0.25, 0.3) is 0 Å². The molecule has 1 aliphatic carbocycles. The van der Waals surface area contributed by atoms with Crippen molar-refractivity contribution in [1.29, 1.82) is 0 Å². The molecule has 1 aliphatic heterocycles. The number of rotatable bonds is 1. The average Bonchev–Trinajstić information content (AvgIpc) is 2.53.